The summed E-state index contributed by atoms with van der Waals surface area (Å²) in [6.07, 6.45) is 11.1. The highest BCUT2D eigenvalue weighted by molar-refractivity contribution is 6.05. The van der Waals surface area contributed by atoms with Gasteiger partial charge in [0.15, 0.2) is 23.0 Å². The molecule has 0 radical (unpaired) electrons. The summed E-state index contributed by atoms with van der Waals surface area (Å²) in [6.45, 7) is 0.639. The third-order valence-corrected chi connectivity index (χ3v) is 8.34. The van der Waals surface area contributed by atoms with Crippen LogP contribution in [0.25, 0.3) is 0 Å². The lowest BCUT2D eigenvalue weighted by Gasteiger charge is -2.19. The van der Waals surface area contributed by atoms with Crippen LogP contribution in [-0.4, -0.2) is 78.7 Å². The fraction of sp³-hybridized carbons (Fsp3) is 0.375. The number of ether oxygens (including phenoxy) is 4. The van der Waals surface area contributed by atoms with Crippen LogP contribution in [-0.2, 0) is 0 Å². The predicted molar refractivity (Wildman–Crippen MR) is 159 cm³/mol. The Morgan fingerprint density at radius 1 is 0.767 bits per heavy atom. The van der Waals surface area contributed by atoms with Gasteiger partial charge in [0.2, 0.25) is 0 Å². The fourth-order valence-electron chi connectivity index (χ4n) is 5.92. The highest BCUT2D eigenvalue weighted by atomic mass is 16.5. The maximum Gasteiger partial charge on any atom is 0.260 e. The van der Waals surface area contributed by atoms with Gasteiger partial charge in [-0.3, -0.25) is 19.6 Å². The molecule has 222 valence electrons. The van der Waals surface area contributed by atoms with Crippen molar-refractivity contribution in [2.45, 2.75) is 44.2 Å². The van der Waals surface area contributed by atoms with Crippen molar-refractivity contribution < 1.29 is 33.6 Å². The Morgan fingerprint density at radius 3 is 1.84 bits per heavy atom. The molecule has 0 saturated heterocycles. The number of aliphatic hydroxyl groups excluding tert-OH is 1. The Morgan fingerprint density at radius 2 is 1.30 bits per heavy atom. The first-order valence-corrected chi connectivity index (χ1v) is 14.5. The van der Waals surface area contributed by atoms with Gasteiger partial charge in [-0.05, 0) is 42.9 Å². The van der Waals surface area contributed by atoms with Gasteiger partial charge in [0.05, 0.1) is 62.0 Å². The molecular formula is C32H32N4O7. The van der Waals surface area contributed by atoms with E-state index in [2.05, 4.69) is 9.98 Å². The van der Waals surface area contributed by atoms with Crippen LogP contribution in [0.3, 0.4) is 0 Å². The Hall–Kier alpha value is -4.80. The number of aliphatic imine (C=N–C) groups is 2. The summed E-state index contributed by atoms with van der Waals surface area (Å²) in [5.74, 6) is 2.24. The van der Waals surface area contributed by atoms with Crippen LogP contribution < -0.4 is 18.9 Å². The zero-order valence-corrected chi connectivity index (χ0v) is 24.0. The first kappa shape index (κ1) is 27.1. The molecule has 11 nitrogen and oxygen atoms in total. The van der Waals surface area contributed by atoms with E-state index >= 15 is 0 Å². The first-order chi connectivity index (χ1) is 20.9. The summed E-state index contributed by atoms with van der Waals surface area (Å²) in [5, 5.41) is 9.86. The minimum absolute atomic E-state index is 0.0563. The summed E-state index contributed by atoms with van der Waals surface area (Å²) in [5.41, 5.74) is 3.23. The number of aliphatic hydroxyl groups is 1. The van der Waals surface area contributed by atoms with Gasteiger partial charge in [0.1, 0.15) is 5.76 Å². The van der Waals surface area contributed by atoms with Gasteiger partial charge in [0.25, 0.3) is 11.8 Å². The lowest BCUT2D eigenvalue weighted by molar-refractivity contribution is 0.0809. The van der Waals surface area contributed by atoms with Gasteiger partial charge in [-0.1, -0.05) is 0 Å². The molecule has 2 aromatic rings. The number of methoxy groups -OCH3 is 2. The number of nitrogens with zero attached hydrogens (tertiary/aromatic N) is 4. The van der Waals surface area contributed by atoms with E-state index in [1.807, 2.05) is 12.4 Å². The zero-order valence-electron chi connectivity index (χ0n) is 24.0. The maximum atomic E-state index is 13.4. The Bertz CT molecular complexity index is 1620. The molecule has 5 aliphatic rings. The van der Waals surface area contributed by atoms with E-state index in [0.717, 1.165) is 6.42 Å². The third kappa shape index (κ3) is 4.98. The second-order valence-corrected chi connectivity index (χ2v) is 11.2. The number of carbonyl (C=O) groups is 2. The summed E-state index contributed by atoms with van der Waals surface area (Å²) in [6, 6.07) is 6.38. The summed E-state index contributed by atoms with van der Waals surface area (Å²) < 4.78 is 23.1. The summed E-state index contributed by atoms with van der Waals surface area (Å²) >= 11 is 0. The van der Waals surface area contributed by atoms with Crippen molar-refractivity contribution in [1.29, 1.82) is 0 Å². The van der Waals surface area contributed by atoms with Gasteiger partial charge in [0, 0.05) is 49.8 Å². The van der Waals surface area contributed by atoms with Crippen LogP contribution in [0.2, 0.25) is 0 Å². The number of carbonyl (C=O) groups excluding carboxylic acids is 2. The Kier molecular flexibility index (Phi) is 6.79. The smallest absolute Gasteiger partial charge is 0.260 e. The van der Waals surface area contributed by atoms with Crippen molar-refractivity contribution in [2.75, 3.05) is 27.4 Å². The van der Waals surface area contributed by atoms with E-state index in [9.17, 15) is 14.7 Å². The largest absolute Gasteiger partial charge is 0.511 e. The standard InChI is InChI=1S/C32H32N4O7/c1-40-27-10-23-25(33-14-20-8-19(18-4-5-18)16-35(20)31(23)38)12-29(27)42-6-3-7-43-30-13-26-24(11-28(30)41-2)32(39)36-17-22(37)9-21(36)15-34-26/h10-18,20-21,37H,3-9H2,1-2H3/t20?,21-/m0/s1. The normalized spacial score (nSPS) is 21.7. The lowest BCUT2D eigenvalue weighted by Crippen LogP contribution is -2.32. The van der Waals surface area contributed by atoms with Crippen LogP contribution in [0.15, 0.2) is 58.0 Å². The van der Waals surface area contributed by atoms with E-state index in [1.54, 1.807) is 42.5 Å². The Labute approximate surface area is 248 Å². The van der Waals surface area contributed by atoms with Gasteiger partial charge in [-0.15, -0.1) is 0 Å². The molecule has 0 aromatic heterocycles. The number of rotatable bonds is 9. The molecule has 11 heteroatoms. The minimum atomic E-state index is -0.324. The Balaban J connectivity index is 1.00. The van der Waals surface area contributed by atoms with Crippen LogP contribution in [0.4, 0.5) is 11.4 Å². The monoisotopic (exact) mass is 584 g/mol. The number of hydrogen-bond donors (Lipinski definition) is 1. The van der Waals surface area contributed by atoms with Gasteiger partial charge in [-0.2, -0.15) is 0 Å². The van der Waals surface area contributed by atoms with Crippen LogP contribution in [0.5, 0.6) is 23.0 Å². The van der Waals surface area contributed by atoms with Crippen LogP contribution >= 0.6 is 0 Å². The lowest BCUT2D eigenvalue weighted by atomic mass is 10.1. The van der Waals surface area contributed by atoms with Gasteiger partial charge >= 0.3 is 0 Å². The molecule has 2 atom stereocenters. The number of fused-ring (bicyclic) bond motifs is 4. The van der Waals surface area contributed by atoms with E-state index in [-0.39, 0.29) is 29.7 Å². The summed E-state index contributed by atoms with van der Waals surface area (Å²) in [7, 11) is 3.06. The molecule has 2 amide bonds. The van der Waals surface area contributed by atoms with Gasteiger partial charge < -0.3 is 33.9 Å². The molecule has 43 heavy (non-hydrogen) atoms. The molecule has 4 aliphatic heterocycles. The first-order valence-electron chi connectivity index (χ1n) is 14.5. The molecule has 2 aromatic carbocycles. The van der Waals surface area contributed by atoms with Crippen molar-refractivity contribution in [3.8, 4) is 23.0 Å². The number of benzene rings is 2. The molecule has 1 N–H and O–H groups in total. The van der Waals surface area contributed by atoms with Crippen molar-refractivity contribution in [3.05, 3.63) is 59.1 Å². The van der Waals surface area contributed by atoms with Crippen LogP contribution in [0.1, 0.15) is 52.8 Å². The molecule has 1 unspecified atom stereocenters. The van der Waals surface area contributed by atoms with Gasteiger partial charge in [-0.25, -0.2) is 0 Å². The molecule has 7 rings (SSSR count). The SMILES string of the molecule is COc1cc2c(cc1OCCCOc1cc3c(cc1OC)C(=O)N1C=C(O)C[C@H]1C=N3)N=CC1CC(C3CC3)=CN1C2=O. The zero-order chi connectivity index (χ0) is 29.7. The topological polar surface area (TPSA) is 122 Å². The molecule has 0 spiro atoms. The van der Waals surface area contributed by atoms with Crippen molar-refractivity contribution in [3.63, 3.8) is 0 Å². The molecule has 1 saturated carbocycles. The summed E-state index contributed by atoms with van der Waals surface area (Å²) in [4.78, 5) is 38.9. The third-order valence-electron chi connectivity index (χ3n) is 8.34. The maximum absolute atomic E-state index is 13.4. The fourth-order valence-corrected chi connectivity index (χ4v) is 5.92. The van der Waals surface area contributed by atoms with E-state index in [1.165, 1.54) is 36.6 Å². The average Bonchev–Trinajstić information content (AvgIpc) is 3.72. The highest BCUT2D eigenvalue weighted by Gasteiger charge is 2.38. The molecule has 4 heterocycles. The molecular weight excluding hydrogens is 552 g/mol. The molecule has 0 bridgehead atoms. The van der Waals surface area contributed by atoms with Crippen molar-refractivity contribution in [1.82, 2.24) is 9.80 Å². The van der Waals surface area contributed by atoms with Crippen LogP contribution in [0, 0.1) is 5.92 Å². The second-order valence-electron chi connectivity index (χ2n) is 11.2. The molecule has 1 fully saturated rings. The second kappa shape index (κ2) is 10.8. The average molecular weight is 585 g/mol. The minimum Gasteiger partial charge on any atom is -0.511 e. The quantitative estimate of drug-likeness (QED) is 0.407. The van der Waals surface area contributed by atoms with Crippen molar-refractivity contribution >= 4 is 35.6 Å². The molecule has 1 aliphatic carbocycles. The van der Waals surface area contributed by atoms with E-state index < -0.39 is 0 Å². The number of amides is 2. The van der Waals surface area contributed by atoms with E-state index in [0.29, 0.717) is 77.5 Å². The number of hydrogen-bond acceptors (Lipinski definition) is 9. The highest BCUT2D eigenvalue weighted by Crippen LogP contribution is 2.44. The van der Waals surface area contributed by atoms with E-state index in [4.69, 9.17) is 18.9 Å². The predicted octanol–water partition coefficient (Wildman–Crippen LogP) is 5.11. The van der Waals surface area contributed by atoms with Crippen molar-refractivity contribution in [2.24, 2.45) is 15.9 Å².